The van der Waals surface area contributed by atoms with E-state index in [1.165, 1.54) is 0 Å². The van der Waals surface area contributed by atoms with E-state index in [4.69, 9.17) is 0 Å². The van der Waals surface area contributed by atoms with E-state index in [9.17, 15) is 10.1 Å². The van der Waals surface area contributed by atoms with Crippen LogP contribution in [0.3, 0.4) is 0 Å². The normalized spacial score (nSPS) is 10.5. The van der Waals surface area contributed by atoms with Crippen molar-refractivity contribution in [3.05, 3.63) is 28.3 Å². The molecule has 0 spiro atoms. The van der Waals surface area contributed by atoms with Crippen molar-refractivity contribution >= 4 is 17.1 Å². The molecule has 0 aliphatic carbocycles. The molecule has 0 bridgehead atoms. The van der Waals surface area contributed by atoms with Crippen LogP contribution in [-0.4, -0.2) is 25.1 Å². The molecule has 0 atom stereocenters. The van der Waals surface area contributed by atoms with Crippen molar-refractivity contribution in [3.63, 3.8) is 0 Å². The fourth-order valence-corrected chi connectivity index (χ4v) is 1.89. The van der Waals surface area contributed by atoms with Crippen LogP contribution in [-0.2, 0) is 0 Å². The van der Waals surface area contributed by atoms with Crippen molar-refractivity contribution in [2.45, 2.75) is 20.8 Å². The molecule has 18 heavy (non-hydrogen) atoms. The first-order chi connectivity index (χ1) is 8.47. The van der Waals surface area contributed by atoms with Crippen molar-refractivity contribution in [2.75, 3.05) is 30.4 Å². The third-order valence-corrected chi connectivity index (χ3v) is 2.73. The lowest BCUT2D eigenvalue weighted by Crippen LogP contribution is -2.27. The molecule has 1 aromatic rings. The van der Waals surface area contributed by atoms with Crippen molar-refractivity contribution in [2.24, 2.45) is 5.92 Å². The molecule has 1 aromatic carbocycles. The van der Waals surface area contributed by atoms with Crippen molar-refractivity contribution in [1.29, 1.82) is 0 Å². The zero-order chi connectivity index (χ0) is 13.7. The molecule has 0 aromatic heterocycles. The smallest absolute Gasteiger partial charge is 0.273 e. The number of hydrogen-bond donors (Lipinski definition) is 1. The fraction of sp³-hybridized carbons (Fsp3) is 0.538. The Hall–Kier alpha value is -1.78. The number of nitro groups is 1. The summed E-state index contributed by atoms with van der Waals surface area (Å²) in [4.78, 5) is 12.7. The molecule has 0 saturated heterocycles. The second-order valence-electron chi connectivity index (χ2n) is 4.68. The zero-order valence-corrected chi connectivity index (χ0v) is 11.4. The predicted molar refractivity (Wildman–Crippen MR) is 75.4 cm³/mol. The van der Waals surface area contributed by atoms with E-state index in [0.717, 1.165) is 24.5 Å². The summed E-state index contributed by atoms with van der Waals surface area (Å²) >= 11 is 0. The molecule has 0 aliphatic rings. The van der Waals surface area contributed by atoms with Gasteiger partial charge in [0.2, 0.25) is 0 Å². The Morgan fingerprint density at radius 1 is 1.39 bits per heavy atom. The molecule has 5 heteroatoms. The Morgan fingerprint density at radius 2 is 2.06 bits per heavy atom. The van der Waals surface area contributed by atoms with Gasteiger partial charge in [-0.05, 0) is 18.9 Å². The number of nitrogens with zero attached hydrogens (tertiary/aromatic N) is 2. The van der Waals surface area contributed by atoms with Crippen LogP contribution in [0.1, 0.15) is 20.8 Å². The van der Waals surface area contributed by atoms with E-state index in [1.54, 1.807) is 19.2 Å². The van der Waals surface area contributed by atoms with Gasteiger partial charge in [0.25, 0.3) is 5.69 Å². The van der Waals surface area contributed by atoms with E-state index >= 15 is 0 Å². The standard InChI is InChI=1S/C13H21N3O2/c1-5-15(9-10(2)3)12-6-11(14-4)7-13(8-12)16(17)18/h6-8,10,14H,5,9H2,1-4H3. The Bertz CT molecular complexity index is 419. The Morgan fingerprint density at radius 3 is 2.50 bits per heavy atom. The molecular formula is C13H21N3O2. The summed E-state index contributed by atoms with van der Waals surface area (Å²) in [5.74, 6) is 0.516. The van der Waals surface area contributed by atoms with Crippen LogP contribution in [0.25, 0.3) is 0 Å². The molecule has 0 amide bonds. The molecule has 0 aliphatic heterocycles. The highest BCUT2D eigenvalue weighted by molar-refractivity contribution is 5.64. The summed E-state index contributed by atoms with van der Waals surface area (Å²) in [5.41, 5.74) is 1.78. The number of rotatable bonds is 6. The zero-order valence-electron chi connectivity index (χ0n) is 11.4. The number of anilines is 2. The monoisotopic (exact) mass is 251 g/mol. The number of hydrogen-bond acceptors (Lipinski definition) is 4. The molecule has 0 fully saturated rings. The molecule has 0 radical (unpaired) electrons. The van der Waals surface area contributed by atoms with Crippen LogP contribution < -0.4 is 10.2 Å². The van der Waals surface area contributed by atoms with Crippen LogP contribution in [0.2, 0.25) is 0 Å². The van der Waals surface area contributed by atoms with Crippen LogP contribution in [0.5, 0.6) is 0 Å². The Labute approximate surface area is 108 Å². The van der Waals surface area contributed by atoms with E-state index in [1.807, 2.05) is 6.07 Å². The Kier molecular flexibility index (Phi) is 4.95. The quantitative estimate of drug-likeness (QED) is 0.623. The lowest BCUT2D eigenvalue weighted by Gasteiger charge is -2.25. The summed E-state index contributed by atoms with van der Waals surface area (Å²) in [6.07, 6.45) is 0. The average molecular weight is 251 g/mol. The highest BCUT2D eigenvalue weighted by atomic mass is 16.6. The second-order valence-corrected chi connectivity index (χ2v) is 4.68. The van der Waals surface area contributed by atoms with Gasteiger partial charge in [0, 0.05) is 43.6 Å². The molecule has 5 nitrogen and oxygen atoms in total. The minimum atomic E-state index is -0.354. The van der Waals surface area contributed by atoms with Gasteiger partial charge in [-0.1, -0.05) is 13.8 Å². The molecule has 100 valence electrons. The third-order valence-electron chi connectivity index (χ3n) is 2.73. The van der Waals surface area contributed by atoms with E-state index in [2.05, 4.69) is 31.0 Å². The minimum absolute atomic E-state index is 0.124. The highest BCUT2D eigenvalue weighted by Crippen LogP contribution is 2.27. The number of benzene rings is 1. The fourth-order valence-electron chi connectivity index (χ4n) is 1.89. The van der Waals surface area contributed by atoms with Gasteiger partial charge >= 0.3 is 0 Å². The van der Waals surface area contributed by atoms with Crippen LogP contribution in [0, 0.1) is 16.0 Å². The van der Waals surface area contributed by atoms with Crippen molar-refractivity contribution < 1.29 is 4.92 Å². The summed E-state index contributed by atoms with van der Waals surface area (Å²) in [6, 6.07) is 5.12. The van der Waals surface area contributed by atoms with Gasteiger partial charge < -0.3 is 10.2 Å². The summed E-state index contributed by atoms with van der Waals surface area (Å²) < 4.78 is 0. The maximum Gasteiger partial charge on any atom is 0.273 e. The largest absolute Gasteiger partial charge is 0.388 e. The maximum absolute atomic E-state index is 10.9. The summed E-state index contributed by atoms with van der Waals surface area (Å²) in [6.45, 7) is 8.06. The van der Waals surface area contributed by atoms with E-state index in [0.29, 0.717) is 5.92 Å². The molecule has 1 rings (SSSR count). The van der Waals surface area contributed by atoms with Gasteiger partial charge in [0.15, 0.2) is 0 Å². The van der Waals surface area contributed by atoms with Gasteiger partial charge in [0.05, 0.1) is 4.92 Å². The molecule has 0 saturated carbocycles. The first-order valence-corrected chi connectivity index (χ1v) is 6.20. The van der Waals surface area contributed by atoms with Crippen LogP contribution in [0.4, 0.5) is 17.1 Å². The van der Waals surface area contributed by atoms with Crippen LogP contribution in [0.15, 0.2) is 18.2 Å². The van der Waals surface area contributed by atoms with Crippen molar-refractivity contribution in [3.8, 4) is 0 Å². The molecule has 0 heterocycles. The minimum Gasteiger partial charge on any atom is -0.388 e. The SMILES string of the molecule is CCN(CC(C)C)c1cc(NC)cc([N+](=O)[O-])c1. The third kappa shape index (κ3) is 3.61. The lowest BCUT2D eigenvalue weighted by molar-refractivity contribution is -0.384. The van der Waals surface area contributed by atoms with Gasteiger partial charge in [0.1, 0.15) is 0 Å². The van der Waals surface area contributed by atoms with E-state index < -0.39 is 0 Å². The molecule has 1 N–H and O–H groups in total. The van der Waals surface area contributed by atoms with Gasteiger partial charge in [-0.3, -0.25) is 10.1 Å². The van der Waals surface area contributed by atoms with Gasteiger partial charge in [-0.25, -0.2) is 0 Å². The van der Waals surface area contributed by atoms with Crippen LogP contribution >= 0.6 is 0 Å². The number of non-ortho nitro benzene ring substituents is 1. The Balaban J connectivity index is 3.12. The first kappa shape index (κ1) is 14.3. The molecule has 0 unspecified atom stereocenters. The second kappa shape index (κ2) is 6.23. The average Bonchev–Trinajstić information content (AvgIpc) is 2.34. The summed E-state index contributed by atoms with van der Waals surface area (Å²) in [7, 11) is 1.77. The number of nitrogens with one attached hydrogen (secondary N) is 1. The maximum atomic E-state index is 10.9. The van der Waals surface area contributed by atoms with Gasteiger partial charge in [-0.2, -0.15) is 0 Å². The summed E-state index contributed by atoms with van der Waals surface area (Å²) in [5, 5.41) is 13.9. The topological polar surface area (TPSA) is 58.4 Å². The van der Waals surface area contributed by atoms with Crippen molar-refractivity contribution in [1.82, 2.24) is 0 Å². The first-order valence-electron chi connectivity index (χ1n) is 6.20. The van der Waals surface area contributed by atoms with Gasteiger partial charge in [-0.15, -0.1) is 0 Å². The van der Waals surface area contributed by atoms with E-state index in [-0.39, 0.29) is 10.6 Å². The number of nitro benzene ring substituents is 1. The predicted octanol–water partition coefficient (Wildman–Crippen LogP) is 3.12. The lowest BCUT2D eigenvalue weighted by atomic mass is 10.1. The highest BCUT2D eigenvalue weighted by Gasteiger charge is 2.13. The molecular weight excluding hydrogens is 230 g/mol.